The van der Waals surface area contributed by atoms with E-state index in [2.05, 4.69) is 20.6 Å². The van der Waals surface area contributed by atoms with Gasteiger partial charge in [0.15, 0.2) is 0 Å². The molecule has 0 radical (unpaired) electrons. The van der Waals surface area contributed by atoms with E-state index in [-0.39, 0.29) is 24.3 Å². The number of rotatable bonds is 10. The summed E-state index contributed by atoms with van der Waals surface area (Å²) in [6, 6.07) is 5.60. The van der Waals surface area contributed by atoms with Gasteiger partial charge in [-0.25, -0.2) is 4.79 Å². The van der Waals surface area contributed by atoms with E-state index in [9.17, 15) is 24.3 Å². The first-order chi connectivity index (χ1) is 15.7. The van der Waals surface area contributed by atoms with Gasteiger partial charge >= 0.3 is 11.9 Å². The van der Waals surface area contributed by atoms with E-state index in [4.69, 9.17) is 10.8 Å². The number of hydrogen-bond acceptors (Lipinski definition) is 7. The molecule has 33 heavy (non-hydrogen) atoms. The molecular weight excluding hydrogens is 430 g/mol. The number of aliphatic carboxylic acids is 2. The second kappa shape index (κ2) is 10.6. The number of amides is 1. The number of fused-ring (bicyclic) bond motifs is 1. The van der Waals surface area contributed by atoms with E-state index in [1.54, 1.807) is 12.1 Å². The first-order valence-electron chi connectivity index (χ1n) is 10.7. The molecule has 3 rings (SSSR count). The second-order valence-corrected chi connectivity index (χ2v) is 8.12. The Morgan fingerprint density at radius 1 is 1.21 bits per heavy atom. The van der Waals surface area contributed by atoms with Crippen molar-refractivity contribution in [3.05, 3.63) is 51.3 Å². The largest absolute Gasteiger partial charge is 0.481 e. The molecule has 0 aliphatic carbocycles. The summed E-state index contributed by atoms with van der Waals surface area (Å²) in [6.45, 7) is 0.717. The highest BCUT2D eigenvalue weighted by Gasteiger charge is 2.23. The monoisotopic (exact) mass is 457 g/mol. The fourth-order valence-electron chi connectivity index (χ4n) is 3.84. The quantitative estimate of drug-likeness (QED) is 0.302. The summed E-state index contributed by atoms with van der Waals surface area (Å²) >= 11 is 0. The SMILES string of the molecule is Nc1nc2c(c(=O)[nH]1)CC(CCCc1ccc(C(=O)N[C@@H](CCC(=O)O)C(=O)O)cc1)CN2. The molecule has 11 nitrogen and oxygen atoms in total. The Kier molecular flexibility index (Phi) is 7.65. The second-order valence-electron chi connectivity index (χ2n) is 8.12. The van der Waals surface area contributed by atoms with Gasteiger partial charge in [0, 0.05) is 18.5 Å². The molecule has 0 fully saturated rings. The highest BCUT2D eigenvalue weighted by Crippen LogP contribution is 2.23. The highest BCUT2D eigenvalue weighted by molar-refractivity contribution is 5.96. The van der Waals surface area contributed by atoms with Crippen molar-refractivity contribution in [3.63, 3.8) is 0 Å². The molecule has 1 amide bonds. The molecule has 0 spiro atoms. The molecule has 1 aliphatic heterocycles. The minimum absolute atomic E-state index is 0.0978. The number of anilines is 2. The Bertz CT molecular complexity index is 1080. The average Bonchev–Trinajstić information content (AvgIpc) is 2.77. The summed E-state index contributed by atoms with van der Waals surface area (Å²) in [5, 5.41) is 23.4. The molecule has 7 N–H and O–H groups in total. The third-order valence-corrected chi connectivity index (χ3v) is 5.63. The lowest BCUT2D eigenvalue weighted by molar-refractivity contribution is -0.140. The van der Waals surface area contributed by atoms with Crippen molar-refractivity contribution in [1.29, 1.82) is 0 Å². The number of carboxylic acid groups (broad SMARTS) is 2. The molecule has 1 unspecified atom stereocenters. The molecular formula is C22H27N5O6. The lowest BCUT2D eigenvalue weighted by atomic mass is 9.91. The molecule has 0 saturated heterocycles. The van der Waals surface area contributed by atoms with Crippen molar-refractivity contribution in [2.45, 2.75) is 44.6 Å². The summed E-state index contributed by atoms with van der Waals surface area (Å²) in [4.78, 5) is 52.9. The zero-order valence-corrected chi connectivity index (χ0v) is 18.0. The van der Waals surface area contributed by atoms with Crippen LogP contribution in [0.5, 0.6) is 0 Å². The topological polar surface area (TPSA) is 187 Å². The van der Waals surface area contributed by atoms with E-state index in [0.717, 1.165) is 24.8 Å². The van der Waals surface area contributed by atoms with E-state index in [1.807, 2.05) is 12.1 Å². The summed E-state index contributed by atoms with van der Waals surface area (Å²) in [5.41, 5.74) is 7.32. The van der Waals surface area contributed by atoms with Gasteiger partial charge in [-0.3, -0.25) is 19.4 Å². The van der Waals surface area contributed by atoms with Gasteiger partial charge in [0.25, 0.3) is 11.5 Å². The zero-order valence-electron chi connectivity index (χ0n) is 18.0. The molecule has 2 atom stereocenters. The number of benzene rings is 1. The van der Waals surface area contributed by atoms with Gasteiger partial charge in [-0.2, -0.15) is 4.98 Å². The fraction of sp³-hybridized carbons (Fsp3) is 0.409. The third kappa shape index (κ3) is 6.55. The van der Waals surface area contributed by atoms with Crippen LogP contribution in [0.15, 0.2) is 29.1 Å². The summed E-state index contributed by atoms with van der Waals surface area (Å²) < 4.78 is 0. The minimum atomic E-state index is -1.28. The highest BCUT2D eigenvalue weighted by atomic mass is 16.4. The van der Waals surface area contributed by atoms with Crippen LogP contribution in [0, 0.1) is 5.92 Å². The van der Waals surface area contributed by atoms with Gasteiger partial charge in [0.05, 0.1) is 5.56 Å². The number of nitrogens with zero attached hydrogens (tertiary/aromatic N) is 1. The Morgan fingerprint density at radius 3 is 2.61 bits per heavy atom. The fourth-order valence-corrected chi connectivity index (χ4v) is 3.84. The van der Waals surface area contributed by atoms with Crippen molar-refractivity contribution < 1.29 is 24.6 Å². The number of aryl methyl sites for hydroxylation is 1. The van der Waals surface area contributed by atoms with Crippen molar-refractivity contribution in [3.8, 4) is 0 Å². The summed E-state index contributed by atoms with van der Waals surface area (Å²) in [5.74, 6) is -2.02. The Balaban J connectivity index is 1.48. The van der Waals surface area contributed by atoms with E-state index in [1.165, 1.54) is 0 Å². The molecule has 11 heteroatoms. The molecule has 1 aromatic heterocycles. The molecule has 2 heterocycles. The minimum Gasteiger partial charge on any atom is -0.481 e. The number of nitrogens with one attached hydrogen (secondary N) is 3. The van der Waals surface area contributed by atoms with Gasteiger partial charge in [0.2, 0.25) is 5.95 Å². The van der Waals surface area contributed by atoms with Crippen LogP contribution in [0.2, 0.25) is 0 Å². The van der Waals surface area contributed by atoms with Gasteiger partial charge in [-0.1, -0.05) is 12.1 Å². The van der Waals surface area contributed by atoms with Crippen LogP contribution < -0.4 is 21.9 Å². The smallest absolute Gasteiger partial charge is 0.326 e. The number of aromatic nitrogens is 2. The summed E-state index contributed by atoms with van der Waals surface area (Å²) in [6.07, 6.45) is 2.68. The van der Waals surface area contributed by atoms with E-state index < -0.39 is 23.9 Å². The Hall–Kier alpha value is -3.89. The molecule has 1 aromatic carbocycles. The van der Waals surface area contributed by atoms with Crippen LogP contribution in [-0.2, 0) is 22.4 Å². The average molecular weight is 457 g/mol. The Labute approximate surface area is 189 Å². The van der Waals surface area contributed by atoms with Gasteiger partial charge in [-0.15, -0.1) is 0 Å². The predicted octanol–water partition coefficient (Wildman–Crippen LogP) is 1.01. The normalized spacial score (nSPS) is 15.7. The maximum atomic E-state index is 12.3. The van der Waals surface area contributed by atoms with Crippen LogP contribution >= 0.6 is 0 Å². The number of H-pyrrole nitrogens is 1. The van der Waals surface area contributed by atoms with Crippen LogP contribution in [0.1, 0.15) is 47.2 Å². The van der Waals surface area contributed by atoms with Crippen molar-refractivity contribution >= 4 is 29.6 Å². The number of aromatic amines is 1. The van der Waals surface area contributed by atoms with Gasteiger partial charge in [-0.05, 0) is 55.7 Å². The lowest BCUT2D eigenvalue weighted by Gasteiger charge is -2.24. The first kappa shape index (κ1) is 23.8. The van der Waals surface area contributed by atoms with E-state index >= 15 is 0 Å². The van der Waals surface area contributed by atoms with Crippen molar-refractivity contribution in [2.24, 2.45) is 5.92 Å². The first-order valence-corrected chi connectivity index (χ1v) is 10.7. The zero-order chi connectivity index (χ0) is 24.0. The molecule has 0 bridgehead atoms. The predicted molar refractivity (Wildman–Crippen MR) is 120 cm³/mol. The number of hydrogen-bond donors (Lipinski definition) is 6. The van der Waals surface area contributed by atoms with Crippen LogP contribution in [0.4, 0.5) is 11.8 Å². The maximum Gasteiger partial charge on any atom is 0.326 e. The molecule has 176 valence electrons. The van der Waals surface area contributed by atoms with Crippen molar-refractivity contribution in [1.82, 2.24) is 15.3 Å². The maximum absolute atomic E-state index is 12.3. The number of carbonyl (C=O) groups excluding carboxylic acids is 1. The Morgan fingerprint density at radius 2 is 1.94 bits per heavy atom. The van der Waals surface area contributed by atoms with Gasteiger partial charge < -0.3 is 26.6 Å². The number of carbonyl (C=O) groups is 3. The molecule has 0 saturated carbocycles. The summed E-state index contributed by atoms with van der Waals surface area (Å²) in [7, 11) is 0. The van der Waals surface area contributed by atoms with E-state index in [0.29, 0.717) is 35.8 Å². The third-order valence-electron chi connectivity index (χ3n) is 5.63. The van der Waals surface area contributed by atoms with Crippen LogP contribution in [-0.4, -0.2) is 50.6 Å². The number of carboxylic acids is 2. The van der Waals surface area contributed by atoms with Crippen LogP contribution in [0.3, 0.4) is 0 Å². The van der Waals surface area contributed by atoms with Gasteiger partial charge in [0.1, 0.15) is 11.9 Å². The lowest BCUT2D eigenvalue weighted by Crippen LogP contribution is -2.41. The van der Waals surface area contributed by atoms with Crippen molar-refractivity contribution in [2.75, 3.05) is 17.6 Å². The van der Waals surface area contributed by atoms with Crippen LogP contribution in [0.25, 0.3) is 0 Å². The molecule has 1 aliphatic rings. The standard InChI is InChI=1S/C22H27N5O6/c23-22-26-18-15(20(31)27-22)10-13(11-24-18)3-1-2-12-4-6-14(7-5-12)19(30)25-16(21(32)33)8-9-17(28)29/h4-7,13,16H,1-3,8-11H2,(H,25,30)(H,28,29)(H,32,33)(H4,23,24,26,27,31)/t13?,16-/m0/s1. The number of nitrogens with two attached hydrogens (primary N) is 1. The number of nitrogen functional groups attached to an aromatic ring is 1. The molecule has 2 aromatic rings.